The van der Waals surface area contributed by atoms with Crippen molar-refractivity contribution >= 4 is 12.0 Å². The average molecular weight is 282 g/mol. The molecule has 1 rings (SSSR count). The van der Waals surface area contributed by atoms with E-state index in [0.29, 0.717) is 6.54 Å². The highest BCUT2D eigenvalue weighted by Gasteiger charge is 2.23. The second-order valence-corrected chi connectivity index (χ2v) is 5.34. The van der Waals surface area contributed by atoms with Gasteiger partial charge in [-0.05, 0) is 26.7 Å². The Morgan fingerprint density at radius 2 is 2.10 bits per heavy atom. The number of nitrogens with one attached hydrogen (secondary N) is 2. The highest BCUT2D eigenvalue weighted by molar-refractivity contribution is 5.76. The van der Waals surface area contributed by atoms with E-state index in [-0.39, 0.29) is 12.5 Å². The minimum Gasteiger partial charge on any atom is -0.481 e. The fraction of sp³-hybridized carbons (Fsp3) is 0.615. The van der Waals surface area contributed by atoms with Gasteiger partial charge in [0.15, 0.2) is 0 Å². The molecule has 0 saturated carbocycles. The smallest absolute Gasteiger partial charge is 0.315 e. The summed E-state index contributed by atoms with van der Waals surface area (Å²) in [4.78, 5) is 26.2. The molecule has 1 aromatic heterocycles. The van der Waals surface area contributed by atoms with Gasteiger partial charge >= 0.3 is 12.0 Å². The molecule has 7 heteroatoms. The van der Waals surface area contributed by atoms with Crippen LogP contribution in [0.5, 0.6) is 0 Å². The number of carboxylic acids is 1. The third-order valence-electron chi connectivity index (χ3n) is 2.73. The van der Waals surface area contributed by atoms with E-state index in [1.807, 2.05) is 10.8 Å². The van der Waals surface area contributed by atoms with E-state index >= 15 is 0 Å². The number of carbonyl (C=O) groups is 2. The Morgan fingerprint density at radius 3 is 2.70 bits per heavy atom. The Bertz CT molecular complexity index is 429. The van der Waals surface area contributed by atoms with Gasteiger partial charge in [0.1, 0.15) is 0 Å². The van der Waals surface area contributed by atoms with Crippen molar-refractivity contribution in [1.29, 1.82) is 0 Å². The first-order valence-electron chi connectivity index (χ1n) is 6.62. The molecule has 0 atom stereocenters. The Kier molecular flexibility index (Phi) is 6.02. The highest BCUT2D eigenvalue weighted by Crippen LogP contribution is 2.07. The molecule has 0 aliphatic carbocycles. The summed E-state index contributed by atoms with van der Waals surface area (Å²) >= 11 is 0. The predicted molar refractivity (Wildman–Crippen MR) is 74.3 cm³/mol. The first-order valence-corrected chi connectivity index (χ1v) is 6.62. The summed E-state index contributed by atoms with van der Waals surface area (Å²) in [5.74, 6) is -0.935. The van der Waals surface area contributed by atoms with Crippen molar-refractivity contribution in [3.63, 3.8) is 0 Å². The molecule has 0 saturated heterocycles. The zero-order valence-electron chi connectivity index (χ0n) is 11.9. The van der Waals surface area contributed by atoms with Crippen molar-refractivity contribution in [3.8, 4) is 0 Å². The third kappa shape index (κ3) is 6.77. The molecule has 0 aliphatic rings. The number of carbonyl (C=O) groups excluding carboxylic acids is 1. The number of imidazole rings is 1. The van der Waals surface area contributed by atoms with Gasteiger partial charge in [0.2, 0.25) is 0 Å². The summed E-state index contributed by atoms with van der Waals surface area (Å²) in [5.41, 5.74) is -0.757. The highest BCUT2D eigenvalue weighted by atomic mass is 16.4. The van der Waals surface area contributed by atoms with Crippen LogP contribution >= 0.6 is 0 Å². The Hall–Kier alpha value is -2.05. The molecule has 20 heavy (non-hydrogen) atoms. The lowest BCUT2D eigenvalue weighted by molar-refractivity contribution is -0.138. The molecule has 112 valence electrons. The fourth-order valence-corrected chi connectivity index (χ4v) is 1.81. The maximum absolute atomic E-state index is 11.6. The number of aryl methyl sites for hydroxylation is 1. The van der Waals surface area contributed by atoms with Gasteiger partial charge in [-0.2, -0.15) is 0 Å². The first-order chi connectivity index (χ1) is 9.39. The van der Waals surface area contributed by atoms with Gasteiger partial charge in [-0.25, -0.2) is 9.78 Å². The molecule has 0 spiro atoms. The number of hydrogen-bond donors (Lipinski definition) is 3. The molecule has 1 heterocycles. The minimum atomic E-state index is -0.935. The molecule has 3 N–H and O–H groups in total. The van der Waals surface area contributed by atoms with Crippen LogP contribution in [0.2, 0.25) is 0 Å². The molecule has 0 aromatic carbocycles. The summed E-state index contributed by atoms with van der Waals surface area (Å²) in [7, 11) is 0. The maximum Gasteiger partial charge on any atom is 0.315 e. The van der Waals surface area contributed by atoms with Crippen LogP contribution in [0.3, 0.4) is 0 Å². The van der Waals surface area contributed by atoms with Crippen LogP contribution < -0.4 is 10.6 Å². The lowest BCUT2D eigenvalue weighted by atomic mass is 10.0. The molecule has 0 bridgehead atoms. The van der Waals surface area contributed by atoms with Gasteiger partial charge in [-0.3, -0.25) is 4.79 Å². The molecule has 7 nitrogen and oxygen atoms in total. The number of hydrogen-bond acceptors (Lipinski definition) is 3. The zero-order chi connectivity index (χ0) is 15.0. The van der Waals surface area contributed by atoms with E-state index in [2.05, 4.69) is 15.6 Å². The van der Waals surface area contributed by atoms with Crippen LogP contribution in [-0.2, 0) is 11.3 Å². The molecule has 1 aromatic rings. The summed E-state index contributed by atoms with van der Waals surface area (Å²) in [6, 6.07) is -0.334. The van der Waals surface area contributed by atoms with Crippen molar-refractivity contribution in [2.45, 2.75) is 45.2 Å². The lowest BCUT2D eigenvalue weighted by Crippen LogP contribution is -2.49. The molecule has 0 unspecified atom stereocenters. The molecule has 0 aliphatic heterocycles. The third-order valence-corrected chi connectivity index (χ3v) is 2.73. The van der Waals surface area contributed by atoms with Crippen LogP contribution in [0.4, 0.5) is 4.79 Å². The topological polar surface area (TPSA) is 96.3 Å². The van der Waals surface area contributed by atoms with Crippen LogP contribution in [-0.4, -0.2) is 38.7 Å². The number of aliphatic carboxylic acids is 1. The SMILES string of the molecule is CC(C)(CC(=O)O)NC(=O)NCCCCn1ccnc1. The van der Waals surface area contributed by atoms with E-state index in [1.165, 1.54) is 0 Å². The van der Waals surface area contributed by atoms with Gasteiger partial charge in [-0.15, -0.1) is 0 Å². The van der Waals surface area contributed by atoms with E-state index in [9.17, 15) is 9.59 Å². The van der Waals surface area contributed by atoms with Gasteiger partial charge in [0.25, 0.3) is 0 Å². The van der Waals surface area contributed by atoms with Crippen LogP contribution in [0.25, 0.3) is 0 Å². The Labute approximate surface area is 118 Å². The lowest BCUT2D eigenvalue weighted by Gasteiger charge is -2.24. The number of rotatable bonds is 8. The van der Waals surface area contributed by atoms with Crippen molar-refractivity contribution < 1.29 is 14.7 Å². The summed E-state index contributed by atoms with van der Waals surface area (Å²) in [5, 5.41) is 14.1. The van der Waals surface area contributed by atoms with Crippen molar-refractivity contribution in [1.82, 2.24) is 20.2 Å². The van der Waals surface area contributed by atoms with Gasteiger partial charge in [-0.1, -0.05) is 0 Å². The molecular formula is C13H22N4O3. The van der Waals surface area contributed by atoms with E-state index in [1.54, 1.807) is 26.4 Å². The largest absolute Gasteiger partial charge is 0.481 e. The first kappa shape index (κ1) is 16.0. The van der Waals surface area contributed by atoms with Gasteiger partial charge in [0.05, 0.1) is 12.7 Å². The number of amides is 2. The molecular weight excluding hydrogens is 260 g/mol. The minimum absolute atomic E-state index is 0.110. The average Bonchev–Trinajstić information content (AvgIpc) is 2.78. The quantitative estimate of drug-likeness (QED) is 0.624. The molecule has 0 fully saturated rings. The number of carboxylic acid groups (broad SMARTS) is 1. The standard InChI is InChI=1S/C13H22N4O3/c1-13(2,9-11(18)19)16-12(20)15-5-3-4-7-17-8-6-14-10-17/h6,8,10H,3-5,7,9H2,1-2H3,(H,18,19)(H2,15,16,20). The van der Waals surface area contributed by atoms with Gasteiger partial charge < -0.3 is 20.3 Å². The monoisotopic (exact) mass is 282 g/mol. The number of urea groups is 1. The van der Waals surface area contributed by atoms with Crippen LogP contribution in [0.1, 0.15) is 33.1 Å². The van der Waals surface area contributed by atoms with Crippen LogP contribution in [0, 0.1) is 0 Å². The summed E-state index contributed by atoms with van der Waals surface area (Å²) in [6.45, 7) is 4.79. The molecule has 0 radical (unpaired) electrons. The summed E-state index contributed by atoms with van der Waals surface area (Å²) in [6.07, 6.45) is 7.07. The number of aromatic nitrogens is 2. The fourth-order valence-electron chi connectivity index (χ4n) is 1.81. The van der Waals surface area contributed by atoms with Crippen LogP contribution in [0.15, 0.2) is 18.7 Å². The van der Waals surface area contributed by atoms with Crippen molar-refractivity contribution in [3.05, 3.63) is 18.7 Å². The maximum atomic E-state index is 11.6. The number of nitrogens with zero attached hydrogens (tertiary/aromatic N) is 2. The van der Waals surface area contributed by atoms with Crippen molar-refractivity contribution in [2.24, 2.45) is 0 Å². The van der Waals surface area contributed by atoms with E-state index in [0.717, 1.165) is 19.4 Å². The summed E-state index contributed by atoms with van der Waals surface area (Å²) < 4.78 is 1.98. The van der Waals surface area contributed by atoms with Crippen molar-refractivity contribution in [2.75, 3.05) is 6.54 Å². The Morgan fingerprint density at radius 1 is 1.35 bits per heavy atom. The van der Waals surface area contributed by atoms with E-state index < -0.39 is 11.5 Å². The normalized spacial score (nSPS) is 11.1. The Balaban J connectivity index is 2.12. The number of unbranched alkanes of at least 4 members (excludes halogenated alkanes) is 1. The van der Waals surface area contributed by atoms with E-state index in [4.69, 9.17) is 5.11 Å². The predicted octanol–water partition coefficient (Wildman–Crippen LogP) is 1.22. The second kappa shape index (κ2) is 7.52. The van der Waals surface area contributed by atoms with Gasteiger partial charge in [0, 0.05) is 31.0 Å². The zero-order valence-corrected chi connectivity index (χ0v) is 11.9. The molecule has 2 amide bonds. The second-order valence-electron chi connectivity index (χ2n) is 5.34.